The molecule has 9 aliphatic rings. The minimum Gasteiger partial charge on any atom is -0.396 e. The molecule has 444 valence electrons. The fraction of sp³-hybridized carbons (Fsp3) is 0.963. The van der Waals surface area contributed by atoms with Crippen molar-refractivity contribution in [2.45, 2.75) is 235 Å². The normalized spacial score (nSPS) is 55.6. The lowest BCUT2D eigenvalue weighted by molar-refractivity contribution is -0.400. The van der Waals surface area contributed by atoms with E-state index in [1.807, 2.05) is 6.92 Å². The molecule has 23 nitrogen and oxygen atoms in total. The molecule has 4 saturated heterocycles. The van der Waals surface area contributed by atoms with Gasteiger partial charge in [0.25, 0.3) is 0 Å². The Morgan fingerprint density at radius 1 is 0.545 bits per heavy atom. The fourth-order valence-corrected chi connectivity index (χ4v) is 16.7. The Morgan fingerprint density at radius 3 is 1.69 bits per heavy atom. The summed E-state index contributed by atoms with van der Waals surface area (Å²) in [6, 6.07) is 0. The average molecular weight is 1110 g/mol. The van der Waals surface area contributed by atoms with Gasteiger partial charge in [0.1, 0.15) is 85.5 Å². The molecule has 0 amide bonds. The van der Waals surface area contributed by atoms with Gasteiger partial charge in [-0.1, -0.05) is 53.2 Å². The van der Waals surface area contributed by atoms with Crippen LogP contribution >= 0.6 is 0 Å². The molecule has 77 heavy (non-hydrogen) atoms. The summed E-state index contributed by atoms with van der Waals surface area (Å²) in [5.74, 6) is -0.360. The van der Waals surface area contributed by atoms with Crippen LogP contribution in [0.2, 0.25) is 0 Å². The van der Waals surface area contributed by atoms with Crippen molar-refractivity contribution in [3.05, 3.63) is 11.6 Å². The summed E-state index contributed by atoms with van der Waals surface area (Å²) >= 11 is 0. The van der Waals surface area contributed by atoms with Gasteiger partial charge in [0.05, 0.1) is 57.5 Å². The van der Waals surface area contributed by atoms with Gasteiger partial charge in [-0.2, -0.15) is 0 Å². The molecule has 0 unspecified atom stereocenters. The van der Waals surface area contributed by atoms with Crippen LogP contribution in [0.15, 0.2) is 11.6 Å². The standard InChI is InChI=1S/C54H90O23/c1-23-33(61)42(76-47-40(68)37(65)41(29(20-57)73-47)75-45-38(66)35(63)28(19-56)72-45)43(77-46-39(67)36(64)34(62)27(18-55)71-46)48(70-23)74-32-10-11-50(4)30(51(32,5)21-58)9-12-52(6)44(50)26(69-8)15-24-25-16-49(2,3)13-14-54(25,22-59)31(60)17-53(24,52)7/h15,23,25-48,55-68H,9-14,16-22H2,1-8H3/t23-,25+,26-,27-,28-,29-,30-,31+,32+,33+,34-,35+,36+,37-,38-,39-,40-,41-,42+,43-,44-,45+,46+,47+,48+,50+,51+,52-,53-,54-/m1/s1. The van der Waals surface area contributed by atoms with Crippen LogP contribution in [0.4, 0.5) is 0 Å². The summed E-state index contributed by atoms with van der Waals surface area (Å²) in [5.41, 5.74) is -1.76. The Labute approximate surface area is 449 Å². The maximum atomic E-state index is 12.3. The zero-order valence-electron chi connectivity index (χ0n) is 45.6. The highest BCUT2D eigenvalue weighted by molar-refractivity contribution is 5.37. The second kappa shape index (κ2) is 22.1. The highest BCUT2D eigenvalue weighted by atomic mass is 16.8. The lowest BCUT2D eigenvalue weighted by Crippen LogP contribution is -2.70. The van der Waals surface area contributed by atoms with Crippen molar-refractivity contribution in [3.8, 4) is 0 Å². The van der Waals surface area contributed by atoms with E-state index in [4.69, 9.17) is 42.6 Å². The number of rotatable bonds is 14. The van der Waals surface area contributed by atoms with Crippen LogP contribution in [-0.2, 0) is 42.6 Å². The first-order valence-electron chi connectivity index (χ1n) is 27.8. The number of hydrogen-bond donors (Lipinski definition) is 14. The number of ether oxygens (including phenoxy) is 9. The summed E-state index contributed by atoms with van der Waals surface area (Å²) in [6.45, 7) is 12.1. The summed E-state index contributed by atoms with van der Waals surface area (Å²) in [4.78, 5) is 0. The smallest absolute Gasteiger partial charge is 0.187 e. The van der Waals surface area contributed by atoms with E-state index < -0.39 is 176 Å². The van der Waals surface area contributed by atoms with Gasteiger partial charge in [-0.3, -0.25) is 0 Å². The molecule has 0 bridgehead atoms. The van der Waals surface area contributed by atoms with Crippen molar-refractivity contribution in [3.63, 3.8) is 0 Å². The molecule has 23 heteroatoms. The molecule has 4 heterocycles. The fourth-order valence-electron chi connectivity index (χ4n) is 16.7. The first kappa shape index (κ1) is 60.4. The molecule has 5 aliphatic carbocycles. The molecular formula is C54H90O23. The SMILES string of the molecule is CO[C@@H]1C=C2[C@@H]3CC(C)(C)CC[C@]3(CO)[C@@H](O)C[C@@]2(C)[C@]2(C)CC[C@H]3[C@](C)(CO)[C@@H](O[C@@H]4O[C@H](C)[C@H](O)[C@H](O[C@@H]5O[C@H](CO)[C@@H](O[C@@H]6O[C@H](CO)[C@H](O)[C@H]6O)[C@H](O)[C@H]5O)[C@H]4O[C@@H]4O[C@H](CO)[C@@H](O)[C@H](O)[C@H]4O)CC[C@]3(C)[C@@H]12. The van der Waals surface area contributed by atoms with E-state index in [1.165, 1.54) is 12.5 Å². The summed E-state index contributed by atoms with van der Waals surface area (Å²) in [7, 11) is 1.73. The first-order valence-corrected chi connectivity index (χ1v) is 27.8. The molecule has 0 spiro atoms. The van der Waals surface area contributed by atoms with E-state index in [0.29, 0.717) is 32.1 Å². The van der Waals surface area contributed by atoms with Crippen LogP contribution in [0, 0.1) is 50.2 Å². The van der Waals surface area contributed by atoms with E-state index in [2.05, 4.69) is 40.7 Å². The Hall–Kier alpha value is -1.18. The van der Waals surface area contributed by atoms with Gasteiger partial charge in [0.2, 0.25) is 0 Å². The number of aliphatic hydroxyl groups is 14. The van der Waals surface area contributed by atoms with Crippen molar-refractivity contribution in [2.24, 2.45) is 50.2 Å². The van der Waals surface area contributed by atoms with Gasteiger partial charge >= 0.3 is 0 Å². The monoisotopic (exact) mass is 1110 g/mol. The van der Waals surface area contributed by atoms with E-state index in [1.54, 1.807) is 7.11 Å². The zero-order valence-corrected chi connectivity index (χ0v) is 45.6. The van der Waals surface area contributed by atoms with Gasteiger partial charge in [0, 0.05) is 23.9 Å². The third-order valence-corrected chi connectivity index (χ3v) is 21.6. The van der Waals surface area contributed by atoms with Crippen molar-refractivity contribution >= 4 is 0 Å². The second-order valence-electron chi connectivity index (χ2n) is 26.1. The van der Waals surface area contributed by atoms with Crippen LogP contribution < -0.4 is 0 Å². The van der Waals surface area contributed by atoms with Crippen molar-refractivity contribution in [1.82, 2.24) is 0 Å². The average Bonchev–Trinajstić information content (AvgIpc) is 3.86. The molecule has 0 aromatic rings. The van der Waals surface area contributed by atoms with Crippen LogP contribution in [-0.4, -0.2) is 247 Å². The lowest BCUT2D eigenvalue weighted by atomic mass is 9.32. The predicted octanol–water partition coefficient (Wildman–Crippen LogP) is -2.33. The third kappa shape index (κ3) is 9.64. The topological polar surface area (TPSA) is 366 Å². The third-order valence-electron chi connectivity index (χ3n) is 21.6. The molecule has 0 radical (unpaired) electrons. The molecule has 4 saturated carbocycles. The van der Waals surface area contributed by atoms with Crippen LogP contribution in [0.3, 0.4) is 0 Å². The van der Waals surface area contributed by atoms with Crippen LogP contribution in [0.5, 0.6) is 0 Å². The molecule has 9 rings (SSSR count). The van der Waals surface area contributed by atoms with E-state index in [-0.39, 0.29) is 42.5 Å². The Bertz CT molecular complexity index is 2070. The number of methoxy groups -OCH3 is 1. The lowest BCUT2D eigenvalue weighted by Gasteiger charge is -2.73. The highest BCUT2D eigenvalue weighted by Crippen LogP contribution is 2.76. The van der Waals surface area contributed by atoms with Gasteiger partial charge in [-0.15, -0.1) is 0 Å². The van der Waals surface area contributed by atoms with Gasteiger partial charge < -0.3 is 114 Å². The van der Waals surface area contributed by atoms with E-state index in [0.717, 1.165) is 19.3 Å². The van der Waals surface area contributed by atoms with Crippen molar-refractivity contribution < 1.29 is 114 Å². The zero-order chi connectivity index (χ0) is 56.3. The Morgan fingerprint density at radius 2 is 1.10 bits per heavy atom. The van der Waals surface area contributed by atoms with Crippen molar-refractivity contribution in [1.29, 1.82) is 0 Å². The summed E-state index contributed by atoms with van der Waals surface area (Å²) < 4.78 is 55.6. The minimum absolute atomic E-state index is 0.00165. The van der Waals surface area contributed by atoms with Crippen LogP contribution in [0.1, 0.15) is 99.8 Å². The number of hydrogen-bond acceptors (Lipinski definition) is 23. The molecule has 0 aromatic heterocycles. The van der Waals surface area contributed by atoms with Gasteiger partial charge in [-0.25, -0.2) is 0 Å². The van der Waals surface area contributed by atoms with E-state index in [9.17, 15) is 71.5 Å². The van der Waals surface area contributed by atoms with Gasteiger partial charge in [0.15, 0.2) is 25.2 Å². The van der Waals surface area contributed by atoms with E-state index >= 15 is 0 Å². The number of fused-ring (bicyclic) bond motifs is 7. The molecule has 4 aliphatic heterocycles. The molecular weight excluding hydrogens is 1020 g/mol. The maximum absolute atomic E-state index is 12.3. The Balaban J connectivity index is 1.02. The van der Waals surface area contributed by atoms with Gasteiger partial charge in [-0.05, 0) is 91.8 Å². The molecule has 30 atom stereocenters. The largest absolute Gasteiger partial charge is 0.396 e. The first-order chi connectivity index (χ1) is 36.2. The molecule has 14 N–H and O–H groups in total. The maximum Gasteiger partial charge on any atom is 0.187 e. The second-order valence-corrected chi connectivity index (χ2v) is 26.1. The minimum atomic E-state index is -2.02. The quantitative estimate of drug-likeness (QED) is 0.0641. The summed E-state index contributed by atoms with van der Waals surface area (Å²) in [5, 5.41) is 154. The number of allylic oxidation sites excluding steroid dienone is 1. The Kier molecular flexibility index (Phi) is 17.3. The number of aliphatic hydroxyl groups excluding tert-OH is 14. The summed E-state index contributed by atoms with van der Waals surface area (Å²) in [6.07, 6.45) is -26.0. The molecule has 8 fully saturated rings. The highest BCUT2D eigenvalue weighted by Gasteiger charge is 2.73. The van der Waals surface area contributed by atoms with Crippen LogP contribution in [0.25, 0.3) is 0 Å². The van der Waals surface area contributed by atoms with Crippen molar-refractivity contribution in [2.75, 3.05) is 40.1 Å². The molecule has 0 aromatic carbocycles. The predicted molar refractivity (Wildman–Crippen MR) is 264 cm³/mol.